The molecule has 6 heteroatoms. The van der Waals surface area contributed by atoms with E-state index < -0.39 is 15.3 Å². The molecule has 1 aromatic rings. The number of nitrogen functional groups attached to an aromatic ring is 1. The summed E-state index contributed by atoms with van der Waals surface area (Å²) < 4.78 is 25.4. The Labute approximate surface area is 87.1 Å². The summed E-state index contributed by atoms with van der Waals surface area (Å²) in [6.07, 6.45) is 0. The lowest BCUT2D eigenvalue weighted by atomic mass is 10.1. The van der Waals surface area contributed by atoms with Gasteiger partial charge in [0, 0.05) is 10.6 Å². The molecule has 0 aromatic heterocycles. The summed E-state index contributed by atoms with van der Waals surface area (Å²) >= 11 is 5.90. The number of fused-ring (bicyclic) bond motifs is 1. The molecule has 1 heterocycles. The van der Waals surface area contributed by atoms with Crippen LogP contribution in [0.4, 0.5) is 11.4 Å². The van der Waals surface area contributed by atoms with Crippen LogP contribution >= 0.6 is 11.6 Å². The zero-order valence-electron chi connectivity index (χ0n) is 7.41. The van der Waals surface area contributed by atoms with E-state index >= 15 is 0 Å². The van der Waals surface area contributed by atoms with Crippen LogP contribution in [0.5, 0.6) is 0 Å². The minimum Gasteiger partial charge on any atom is -0.397 e. The van der Waals surface area contributed by atoms with Crippen LogP contribution in [0.2, 0.25) is 5.02 Å². The first-order chi connectivity index (χ1) is 6.43. The Kier molecular flexibility index (Phi) is 1.90. The second kappa shape index (κ2) is 2.77. The number of anilines is 2. The highest BCUT2D eigenvalue weighted by Gasteiger charge is 2.35. The lowest BCUT2D eigenvalue weighted by Gasteiger charge is -2.04. The van der Waals surface area contributed by atoms with E-state index in [1.54, 1.807) is 19.1 Å². The fourth-order valence-electron chi connectivity index (χ4n) is 1.51. The van der Waals surface area contributed by atoms with Gasteiger partial charge in [-0.05, 0) is 19.1 Å². The predicted octanol–water partition coefficient (Wildman–Crippen LogP) is 1.74. The second-order valence-corrected chi connectivity index (χ2v) is 5.62. The van der Waals surface area contributed by atoms with E-state index in [1.807, 2.05) is 0 Å². The molecule has 0 radical (unpaired) electrons. The van der Waals surface area contributed by atoms with Crippen molar-refractivity contribution in [2.24, 2.45) is 0 Å². The maximum absolute atomic E-state index is 11.5. The zero-order chi connectivity index (χ0) is 10.5. The molecule has 1 aromatic carbocycles. The number of benzene rings is 1. The van der Waals surface area contributed by atoms with E-state index in [9.17, 15) is 8.42 Å². The van der Waals surface area contributed by atoms with E-state index in [0.29, 0.717) is 22.0 Å². The van der Waals surface area contributed by atoms with Gasteiger partial charge in [-0.15, -0.1) is 0 Å². The number of nitrogens with two attached hydrogens (primary N) is 1. The Morgan fingerprint density at radius 3 is 2.71 bits per heavy atom. The first-order valence-corrected chi connectivity index (χ1v) is 5.95. The summed E-state index contributed by atoms with van der Waals surface area (Å²) in [7, 11) is -3.34. The van der Waals surface area contributed by atoms with Gasteiger partial charge in [0.15, 0.2) is 0 Å². The molecule has 76 valence electrons. The minimum atomic E-state index is -3.34. The van der Waals surface area contributed by atoms with Gasteiger partial charge >= 0.3 is 0 Å². The van der Waals surface area contributed by atoms with Crippen molar-refractivity contribution in [1.29, 1.82) is 0 Å². The number of nitrogens with one attached hydrogen (secondary N) is 1. The molecule has 0 amide bonds. The predicted molar refractivity (Wildman–Crippen MR) is 56.8 cm³/mol. The lowest BCUT2D eigenvalue weighted by Crippen LogP contribution is -2.10. The van der Waals surface area contributed by atoms with Crippen molar-refractivity contribution in [2.75, 3.05) is 10.5 Å². The van der Waals surface area contributed by atoms with E-state index in [1.165, 1.54) is 0 Å². The van der Waals surface area contributed by atoms with Gasteiger partial charge in [-0.3, -0.25) is 4.72 Å². The molecule has 0 bridgehead atoms. The Morgan fingerprint density at radius 1 is 1.50 bits per heavy atom. The minimum absolute atomic E-state index is 0.400. The fraction of sp³-hybridized carbons (Fsp3) is 0.250. The summed E-state index contributed by atoms with van der Waals surface area (Å²) in [6.45, 7) is 1.58. The van der Waals surface area contributed by atoms with Crippen LogP contribution in [0.25, 0.3) is 0 Å². The van der Waals surface area contributed by atoms with Gasteiger partial charge in [0.05, 0.1) is 11.4 Å². The quantitative estimate of drug-likeness (QED) is 0.670. The van der Waals surface area contributed by atoms with Crippen molar-refractivity contribution in [3.63, 3.8) is 0 Å². The highest BCUT2D eigenvalue weighted by Crippen LogP contribution is 2.44. The summed E-state index contributed by atoms with van der Waals surface area (Å²) in [5.74, 6) is 0. The number of hydrogen-bond acceptors (Lipinski definition) is 3. The monoisotopic (exact) mass is 232 g/mol. The Balaban J connectivity index is 2.76. The molecule has 1 aliphatic rings. The topological polar surface area (TPSA) is 72.2 Å². The molecule has 0 saturated heterocycles. The molecule has 2 rings (SSSR count). The zero-order valence-corrected chi connectivity index (χ0v) is 8.98. The van der Waals surface area contributed by atoms with Crippen LogP contribution in [0.3, 0.4) is 0 Å². The van der Waals surface area contributed by atoms with Crippen LogP contribution in [0, 0.1) is 0 Å². The maximum atomic E-state index is 11.5. The molecule has 1 atom stereocenters. The largest absolute Gasteiger partial charge is 0.397 e. The lowest BCUT2D eigenvalue weighted by molar-refractivity contribution is 0.594. The van der Waals surface area contributed by atoms with E-state index in [4.69, 9.17) is 17.3 Å². The maximum Gasteiger partial charge on any atom is 0.239 e. The Bertz CT molecular complexity index is 498. The van der Waals surface area contributed by atoms with Gasteiger partial charge < -0.3 is 5.73 Å². The first-order valence-electron chi connectivity index (χ1n) is 4.03. The molecule has 1 unspecified atom stereocenters. The van der Waals surface area contributed by atoms with E-state index in [2.05, 4.69) is 4.72 Å². The van der Waals surface area contributed by atoms with Crippen molar-refractivity contribution >= 4 is 33.0 Å². The molecule has 0 spiro atoms. The Morgan fingerprint density at radius 2 is 2.14 bits per heavy atom. The highest BCUT2D eigenvalue weighted by atomic mass is 35.5. The van der Waals surface area contributed by atoms with Gasteiger partial charge in [0.1, 0.15) is 5.25 Å². The Hall–Kier alpha value is -0.940. The van der Waals surface area contributed by atoms with Crippen LogP contribution in [-0.2, 0) is 10.0 Å². The van der Waals surface area contributed by atoms with Crippen LogP contribution in [0.15, 0.2) is 12.1 Å². The van der Waals surface area contributed by atoms with Gasteiger partial charge in [-0.2, -0.15) is 0 Å². The van der Waals surface area contributed by atoms with Gasteiger partial charge in [0.2, 0.25) is 10.0 Å². The van der Waals surface area contributed by atoms with Crippen molar-refractivity contribution in [1.82, 2.24) is 0 Å². The molecule has 14 heavy (non-hydrogen) atoms. The molecule has 4 nitrogen and oxygen atoms in total. The molecule has 1 aliphatic heterocycles. The summed E-state index contributed by atoms with van der Waals surface area (Å²) in [5, 5.41) is -0.219. The SMILES string of the molecule is CC1c2c(Cl)ccc(N)c2NS1(=O)=O. The smallest absolute Gasteiger partial charge is 0.239 e. The number of rotatable bonds is 0. The summed E-state index contributed by atoms with van der Waals surface area (Å²) in [4.78, 5) is 0. The second-order valence-electron chi connectivity index (χ2n) is 3.21. The van der Waals surface area contributed by atoms with Crippen molar-refractivity contribution in [3.8, 4) is 0 Å². The molecular formula is C8H9ClN2O2S. The normalized spacial score (nSPS) is 22.9. The van der Waals surface area contributed by atoms with Crippen molar-refractivity contribution in [2.45, 2.75) is 12.2 Å². The van der Waals surface area contributed by atoms with Gasteiger partial charge in [-0.25, -0.2) is 8.42 Å². The van der Waals surface area contributed by atoms with Crippen LogP contribution < -0.4 is 10.5 Å². The summed E-state index contributed by atoms with van der Waals surface area (Å²) in [6, 6.07) is 3.19. The first kappa shape index (κ1) is 9.61. The fourth-order valence-corrected chi connectivity index (χ4v) is 3.14. The molecule has 0 saturated carbocycles. The number of hydrogen-bond donors (Lipinski definition) is 2. The third kappa shape index (κ3) is 1.16. The van der Waals surface area contributed by atoms with Crippen LogP contribution in [-0.4, -0.2) is 8.42 Å². The average Bonchev–Trinajstić information content (AvgIpc) is 2.33. The highest BCUT2D eigenvalue weighted by molar-refractivity contribution is 7.93. The van der Waals surface area contributed by atoms with E-state index in [-0.39, 0.29) is 0 Å². The van der Waals surface area contributed by atoms with Gasteiger partial charge in [-0.1, -0.05) is 11.6 Å². The molecule has 0 fully saturated rings. The molecular weight excluding hydrogens is 224 g/mol. The molecule has 3 N–H and O–H groups in total. The van der Waals surface area contributed by atoms with Crippen molar-refractivity contribution in [3.05, 3.63) is 22.7 Å². The molecule has 0 aliphatic carbocycles. The third-order valence-corrected chi connectivity index (χ3v) is 4.33. The average molecular weight is 233 g/mol. The van der Waals surface area contributed by atoms with Crippen molar-refractivity contribution < 1.29 is 8.42 Å². The van der Waals surface area contributed by atoms with Gasteiger partial charge in [0.25, 0.3) is 0 Å². The number of sulfonamides is 1. The standard InChI is InChI=1S/C8H9ClN2O2S/c1-4-7-5(9)2-3-6(10)8(7)11-14(4,12)13/h2-4,11H,10H2,1H3. The van der Waals surface area contributed by atoms with Crippen LogP contribution in [0.1, 0.15) is 17.7 Å². The summed E-state index contributed by atoms with van der Waals surface area (Å²) in [5.41, 5.74) is 7.02. The third-order valence-electron chi connectivity index (χ3n) is 2.34. The van der Waals surface area contributed by atoms with E-state index in [0.717, 1.165) is 0 Å². The number of halogens is 1.